The van der Waals surface area contributed by atoms with E-state index in [2.05, 4.69) is 5.32 Å². The number of carbonyl (C=O) groups excluding carboxylic acids is 2. The summed E-state index contributed by atoms with van der Waals surface area (Å²) >= 11 is 0. The van der Waals surface area contributed by atoms with Crippen LogP contribution in [0.2, 0.25) is 0 Å². The maximum atomic E-state index is 13.8. The van der Waals surface area contributed by atoms with Crippen LogP contribution in [0.3, 0.4) is 0 Å². The highest BCUT2D eigenvalue weighted by atomic mass is 32.2. The molecule has 1 aliphatic rings. The number of hydrogen-bond acceptors (Lipinski definition) is 6. The molecule has 1 saturated carbocycles. The summed E-state index contributed by atoms with van der Waals surface area (Å²) in [6.07, 6.45) is 5.44. The maximum Gasteiger partial charge on any atom is 0.244 e. The molecule has 38 heavy (non-hydrogen) atoms. The third-order valence-corrected chi connectivity index (χ3v) is 8.04. The van der Waals surface area contributed by atoms with Gasteiger partial charge in [0.1, 0.15) is 12.6 Å². The van der Waals surface area contributed by atoms with Gasteiger partial charge in [-0.2, -0.15) is 0 Å². The zero-order chi connectivity index (χ0) is 27.9. The molecule has 0 aromatic heterocycles. The van der Waals surface area contributed by atoms with Crippen molar-refractivity contribution in [2.24, 2.45) is 0 Å². The minimum absolute atomic E-state index is 0.104. The van der Waals surface area contributed by atoms with Gasteiger partial charge < -0.3 is 19.7 Å². The van der Waals surface area contributed by atoms with Gasteiger partial charge in [0.25, 0.3) is 0 Å². The summed E-state index contributed by atoms with van der Waals surface area (Å²) in [5.41, 5.74) is 2.19. The largest absolute Gasteiger partial charge is 0.493 e. The Bertz CT molecular complexity index is 1210. The predicted molar refractivity (Wildman–Crippen MR) is 148 cm³/mol. The van der Waals surface area contributed by atoms with Crippen molar-refractivity contribution in [3.05, 3.63) is 53.6 Å². The Balaban J connectivity index is 1.94. The number of nitrogens with zero attached hydrogens (tertiary/aromatic N) is 2. The molecule has 0 saturated heterocycles. The summed E-state index contributed by atoms with van der Waals surface area (Å²) in [7, 11) is -0.912. The Kier molecular flexibility index (Phi) is 10.0. The number of rotatable bonds is 12. The van der Waals surface area contributed by atoms with Crippen molar-refractivity contribution in [2.45, 2.75) is 64.6 Å². The van der Waals surface area contributed by atoms with Gasteiger partial charge in [0.15, 0.2) is 11.5 Å². The van der Waals surface area contributed by atoms with Gasteiger partial charge in [-0.25, -0.2) is 8.42 Å². The molecule has 2 amide bonds. The first-order chi connectivity index (χ1) is 18.1. The molecule has 0 unspecified atom stereocenters. The monoisotopic (exact) mass is 545 g/mol. The molecule has 1 fully saturated rings. The lowest BCUT2D eigenvalue weighted by Gasteiger charge is -2.33. The van der Waals surface area contributed by atoms with Crippen LogP contribution in [-0.2, 0) is 26.2 Å². The molecule has 1 atom stereocenters. The van der Waals surface area contributed by atoms with Gasteiger partial charge in [0.2, 0.25) is 21.8 Å². The zero-order valence-corrected chi connectivity index (χ0v) is 23.7. The second kappa shape index (κ2) is 13.0. The van der Waals surface area contributed by atoms with Crippen molar-refractivity contribution in [2.75, 3.05) is 31.3 Å². The summed E-state index contributed by atoms with van der Waals surface area (Å²) in [4.78, 5) is 28.7. The van der Waals surface area contributed by atoms with E-state index < -0.39 is 28.5 Å². The summed E-state index contributed by atoms with van der Waals surface area (Å²) < 4.78 is 37.3. The quantitative estimate of drug-likeness (QED) is 0.437. The van der Waals surface area contributed by atoms with E-state index in [-0.39, 0.29) is 24.2 Å². The summed E-state index contributed by atoms with van der Waals surface area (Å²) in [5, 5.41) is 3.11. The number of methoxy groups -OCH3 is 2. The van der Waals surface area contributed by atoms with Crippen LogP contribution in [0, 0.1) is 6.92 Å². The molecule has 1 N–H and O–H groups in total. The number of sulfonamides is 1. The van der Waals surface area contributed by atoms with Crippen LogP contribution in [0.4, 0.5) is 5.69 Å². The van der Waals surface area contributed by atoms with Gasteiger partial charge in [-0.3, -0.25) is 13.9 Å². The van der Waals surface area contributed by atoms with Crippen LogP contribution in [0.15, 0.2) is 42.5 Å². The van der Waals surface area contributed by atoms with Crippen molar-refractivity contribution in [1.29, 1.82) is 0 Å². The molecule has 0 spiro atoms. The number of aryl methyl sites for hydroxylation is 1. The molecular weight excluding hydrogens is 506 g/mol. The number of carbonyl (C=O) groups is 2. The van der Waals surface area contributed by atoms with Gasteiger partial charge in [-0.1, -0.05) is 49.6 Å². The SMILES string of the molecule is CC[C@@H](C(=O)NC1CCCC1)N(Cc1ccc(C)cc1)C(=O)CN(c1ccc(OC)c(OC)c1)S(C)(=O)=O. The first-order valence-corrected chi connectivity index (χ1v) is 14.8. The Morgan fingerprint density at radius 1 is 1.03 bits per heavy atom. The van der Waals surface area contributed by atoms with Crippen LogP contribution >= 0.6 is 0 Å². The van der Waals surface area contributed by atoms with Gasteiger partial charge in [-0.15, -0.1) is 0 Å². The first kappa shape index (κ1) is 29.3. The fourth-order valence-electron chi connectivity index (χ4n) is 4.77. The third-order valence-electron chi connectivity index (χ3n) is 6.90. The molecule has 0 bridgehead atoms. The molecule has 0 heterocycles. The molecule has 10 heteroatoms. The Labute approximate surface area is 226 Å². The zero-order valence-electron chi connectivity index (χ0n) is 22.9. The van der Waals surface area contributed by atoms with Gasteiger partial charge in [-0.05, 0) is 43.9 Å². The highest BCUT2D eigenvalue weighted by molar-refractivity contribution is 7.92. The fourth-order valence-corrected chi connectivity index (χ4v) is 5.61. The molecule has 9 nitrogen and oxygen atoms in total. The molecule has 0 aliphatic heterocycles. The normalized spacial score (nSPS) is 14.6. The topological polar surface area (TPSA) is 105 Å². The molecule has 3 rings (SSSR count). The maximum absolute atomic E-state index is 13.8. The fraction of sp³-hybridized carbons (Fsp3) is 0.500. The minimum atomic E-state index is -3.85. The number of nitrogens with one attached hydrogen (secondary N) is 1. The number of anilines is 1. The number of amides is 2. The Hall–Kier alpha value is -3.27. The predicted octanol–water partition coefficient (Wildman–Crippen LogP) is 3.64. The lowest BCUT2D eigenvalue weighted by Crippen LogP contribution is -2.53. The van der Waals surface area contributed by atoms with Crippen molar-refractivity contribution >= 4 is 27.5 Å². The number of benzene rings is 2. The van der Waals surface area contributed by atoms with Crippen LogP contribution in [-0.4, -0.2) is 64.2 Å². The summed E-state index contributed by atoms with van der Waals surface area (Å²) in [6.45, 7) is 3.55. The highest BCUT2D eigenvalue weighted by Gasteiger charge is 2.33. The number of hydrogen-bond donors (Lipinski definition) is 1. The smallest absolute Gasteiger partial charge is 0.244 e. The van der Waals surface area contributed by atoms with E-state index >= 15 is 0 Å². The highest BCUT2D eigenvalue weighted by Crippen LogP contribution is 2.32. The van der Waals surface area contributed by atoms with Gasteiger partial charge in [0.05, 0.1) is 26.2 Å². The average molecular weight is 546 g/mol. The van der Waals surface area contributed by atoms with Crippen molar-refractivity contribution in [3.8, 4) is 11.5 Å². The van der Waals surface area contributed by atoms with Crippen LogP contribution < -0.4 is 19.1 Å². The molecule has 208 valence electrons. The van der Waals surface area contributed by atoms with Crippen LogP contribution in [0.25, 0.3) is 0 Å². The number of ether oxygens (including phenoxy) is 2. The van der Waals surface area contributed by atoms with Crippen molar-refractivity contribution < 1.29 is 27.5 Å². The van der Waals surface area contributed by atoms with E-state index in [0.29, 0.717) is 17.9 Å². The molecule has 2 aromatic rings. The molecule has 2 aromatic carbocycles. The van der Waals surface area contributed by atoms with E-state index in [4.69, 9.17) is 9.47 Å². The van der Waals surface area contributed by atoms with Crippen molar-refractivity contribution in [1.82, 2.24) is 10.2 Å². The third kappa shape index (κ3) is 7.40. The van der Waals surface area contributed by atoms with E-state index in [1.54, 1.807) is 12.1 Å². The molecule has 1 aliphatic carbocycles. The lowest BCUT2D eigenvalue weighted by molar-refractivity contribution is -0.140. The summed E-state index contributed by atoms with van der Waals surface area (Å²) in [6, 6.07) is 11.8. The Morgan fingerprint density at radius 3 is 2.21 bits per heavy atom. The van der Waals surface area contributed by atoms with E-state index in [1.165, 1.54) is 25.2 Å². The van der Waals surface area contributed by atoms with Crippen LogP contribution in [0.1, 0.15) is 50.2 Å². The van der Waals surface area contributed by atoms with Gasteiger partial charge >= 0.3 is 0 Å². The minimum Gasteiger partial charge on any atom is -0.493 e. The van der Waals surface area contributed by atoms with E-state index in [9.17, 15) is 18.0 Å². The van der Waals surface area contributed by atoms with Crippen LogP contribution in [0.5, 0.6) is 11.5 Å². The second-order valence-corrected chi connectivity index (χ2v) is 11.6. The first-order valence-electron chi connectivity index (χ1n) is 12.9. The van der Waals surface area contributed by atoms with E-state index in [1.807, 2.05) is 38.1 Å². The standard InChI is InChI=1S/C28H39N3O6S/c1-6-24(28(33)29-22-9-7-8-10-22)30(18-21-13-11-20(2)12-14-21)27(32)19-31(38(5,34)35)23-15-16-25(36-3)26(17-23)37-4/h11-17,22,24H,6-10,18-19H2,1-5H3,(H,29,33)/t24-/m0/s1. The Morgan fingerprint density at radius 2 is 1.66 bits per heavy atom. The molecule has 0 radical (unpaired) electrons. The average Bonchev–Trinajstić information content (AvgIpc) is 3.40. The van der Waals surface area contributed by atoms with Crippen molar-refractivity contribution in [3.63, 3.8) is 0 Å². The second-order valence-electron chi connectivity index (χ2n) is 9.73. The van der Waals surface area contributed by atoms with E-state index in [0.717, 1.165) is 47.4 Å². The lowest BCUT2D eigenvalue weighted by atomic mass is 10.1. The molecular formula is C28H39N3O6S. The van der Waals surface area contributed by atoms with Gasteiger partial charge in [0, 0.05) is 18.7 Å². The summed E-state index contributed by atoms with van der Waals surface area (Å²) in [5.74, 6) is 0.0905.